The summed E-state index contributed by atoms with van der Waals surface area (Å²) in [7, 11) is 1.59. The minimum Gasteiger partial charge on any atom is -0.472 e. The molecule has 0 aliphatic rings. The van der Waals surface area contributed by atoms with Crippen LogP contribution in [0, 0.1) is 16.7 Å². The van der Waals surface area contributed by atoms with Gasteiger partial charge in [0.25, 0.3) is 5.91 Å². The number of rotatable bonds is 4. The summed E-state index contributed by atoms with van der Waals surface area (Å²) >= 11 is 0. The van der Waals surface area contributed by atoms with Crippen LogP contribution in [0.1, 0.15) is 27.4 Å². The molecule has 3 aromatic rings. The molecule has 0 atom stereocenters. The van der Waals surface area contributed by atoms with Crippen molar-refractivity contribution in [2.45, 2.75) is 0 Å². The van der Waals surface area contributed by atoms with Crippen molar-refractivity contribution in [2.75, 3.05) is 11.1 Å². The van der Waals surface area contributed by atoms with Gasteiger partial charge in [0.15, 0.2) is 5.82 Å². The number of hydrogen-bond acceptors (Lipinski definition) is 6. The first-order chi connectivity index (χ1) is 12.0. The quantitative estimate of drug-likeness (QED) is 0.496. The number of benzene rings is 1. The molecule has 124 valence electrons. The summed E-state index contributed by atoms with van der Waals surface area (Å²) in [4.78, 5) is 16.3. The number of amides is 1. The third-order valence-corrected chi connectivity index (χ3v) is 3.70. The van der Waals surface area contributed by atoms with Crippen LogP contribution < -0.4 is 11.1 Å². The number of hydrogen-bond donors (Lipinski definition) is 3. The van der Waals surface area contributed by atoms with Gasteiger partial charge < -0.3 is 20.0 Å². The van der Waals surface area contributed by atoms with Gasteiger partial charge in [-0.2, -0.15) is 5.26 Å². The van der Waals surface area contributed by atoms with E-state index in [0.717, 1.165) is 0 Å². The van der Waals surface area contributed by atoms with Gasteiger partial charge in [-0.15, -0.1) is 0 Å². The number of nitriles is 1. The maximum Gasteiger partial charge on any atom is 0.291 e. The van der Waals surface area contributed by atoms with Crippen LogP contribution in [-0.2, 0) is 7.05 Å². The summed E-state index contributed by atoms with van der Waals surface area (Å²) in [5, 5.41) is 19.9. The summed E-state index contributed by atoms with van der Waals surface area (Å²) in [6.07, 6.45) is 4.25. The molecule has 3 rings (SSSR count). The Labute approximate surface area is 143 Å². The van der Waals surface area contributed by atoms with Crippen molar-refractivity contribution < 1.29 is 9.21 Å². The number of carbonyl (C=O) groups excluding carboxylic acids is 1. The van der Waals surface area contributed by atoms with Crippen LogP contribution >= 0.6 is 0 Å². The summed E-state index contributed by atoms with van der Waals surface area (Å²) in [6, 6.07) is 8.46. The number of nitrogens with one attached hydrogen (secondary N) is 2. The molecule has 0 spiro atoms. The number of nitrogens with zero attached hydrogens (tertiary/aromatic N) is 3. The van der Waals surface area contributed by atoms with Gasteiger partial charge in [-0.25, -0.2) is 4.98 Å². The van der Waals surface area contributed by atoms with E-state index in [1.165, 1.54) is 23.3 Å². The van der Waals surface area contributed by atoms with Crippen molar-refractivity contribution in [3.63, 3.8) is 0 Å². The lowest BCUT2D eigenvalue weighted by atomic mass is 10.0. The smallest absolute Gasteiger partial charge is 0.291 e. The fraction of sp³-hybridized carbons (Fsp3) is 0.0588. The zero-order valence-electron chi connectivity index (χ0n) is 13.3. The highest BCUT2D eigenvalue weighted by Crippen LogP contribution is 2.22. The molecular weight excluding hydrogens is 320 g/mol. The molecule has 4 N–H and O–H groups in total. The van der Waals surface area contributed by atoms with Crippen LogP contribution in [0.4, 0.5) is 11.4 Å². The van der Waals surface area contributed by atoms with Crippen molar-refractivity contribution >= 4 is 23.0 Å². The average molecular weight is 334 g/mol. The van der Waals surface area contributed by atoms with Crippen LogP contribution in [-0.4, -0.2) is 21.2 Å². The van der Waals surface area contributed by atoms with Gasteiger partial charge in [-0.05, 0) is 24.3 Å². The second-order valence-corrected chi connectivity index (χ2v) is 5.28. The molecule has 1 amide bonds. The molecule has 0 unspecified atom stereocenters. The number of aromatic nitrogens is 2. The first-order valence-corrected chi connectivity index (χ1v) is 7.25. The monoisotopic (exact) mass is 334 g/mol. The molecular formula is C17H14N6O2. The van der Waals surface area contributed by atoms with Crippen molar-refractivity contribution in [3.8, 4) is 6.07 Å². The Morgan fingerprint density at radius 3 is 2.88 bits per heavy atom. The lowest BCUT2D eigenvalue weighted by Crippen LogP contribution is -2.18. The molecule has 8 nitrogen and oxygen atoms in total. The largest absolute Gasteiger partial charge is 0.472 e. The van der Waals surface area contributed by atoms with Gasteiger partial charge in [0.1, 0.15) is 11.8 Å². The predicted octanol–water partition coefficient (Wildman–Crippen LogP) is 2.14. The van der Waals surface area contributed by atoms with Crippen LogP contribution in [0.25, 0.3) is 0 Å². The minimum atomic E-state index is -0.463. The number of nitrogen functional groups attached to an aromatic ring is 1. The van der Waals surface area contributed by atoms with E-state index in [0.29, 0.717) is 22.5 Å². The Hall–Kier alpha value is -3.86. The summed E-state index contributed by atoms with van der Waals surface area (Å²) in [5.41, 5.74) is 8.34. The van der Waals surface area contributed by atoms with Crippen LogP contribution in [0.15, 0.2) is 47.4 Å². The molecule has 1 aromatic carbocycles. The number of carbonyl (C=O) groups is 1. The van der Waals surface area contributed by atoms with Gasteiger partial charge in [0.2, 0.25) is 0 Å². The Morgan fingerprint density at radius 2 is 2.24 bits per heavy atom. The van der Waals surface area contributed by atoms with Crippen molar-refractivity contribution in [3.05, 3.63) is 65.6 Å². The highest BCUT2D eigenvalue weighted by atomic mass is 16.3. The zero-order chi connectivity index (χ0) is 18.0. The maximum absolute atomic E-state index is 12.4. The van der Waals surface area contributed by atoms with E-state index in [2.05, 4.69) is 10.3 Å². The van der Waals surface area contributed by atoms with E-state index in [-0.39, 0.29) is 17.2 Å². The topological polar surface area (TPSA) is 134 Å². The van der Waals surface area contributed by atoms with E-state index >= 15 is 0 Å². The van der Waals surface area contributed by atoms with E-state index < -0.39 is 5.91 Å². The highest BCUT2D eigenvalue weighted by molar-refractivity contribution is 6.14. The molecule has 0 aliphatic heterocycles. The molecule has 2 heterocycles. The number of anilines is 2. The summed E-state index contributed by atoms with van der Waals surface area (Å²) < 4.78 is 6.39. The summed E-state index contributed by atoms with van der Waals surface area (Å²) in [5.74, 6) is -0.352. The lowest BCUT2D eigenvalue weighted by Gasteiger charge is -2.10. The van der Waals surface area contributed by atoms with Gasteiger partial charge in [-0.3, -0.25) is 10.2 Å². The fourth-order valence-electron chi connectivity index (χ4n) is 2.32. The number of furan rings is 1. The molecule has 25 heavy (non-hydrogen) atoms. The van der Waals surface area contributed by atoms with Gasteiger partial charge >= 0.3 is 0 Å². The van der Waals surface area contributed by atoms with Crippen LogP contribution in [0.2, 0.25) is 0 Å². The molecule has 0 aliphatic carbocycles. The molecule has 0 radical (unpaired) electrons. The molecule has 0 saturated carbocycles. The van der Waals surface area contributed by atoms with Gasteiger partial charge in [-0.1, -0.05) is 0 Å². The van der Waals surface area contributed by atoms with Gasteiger partial charge in [0.05, 0.1) is 24.4 Å². The second-order valence-electron chi connectivity index (χ2n) is 5.28. The third kappa shape index (κ3) is 2.98. The third-order valence-electron chi connectivity index (χ3n) is 3.70. The van der Waals surface area contributed by atoms with Crippen LogP contribution in [0.5, 0.6) is 0 Å². The van der Waals surface area contributed by atoms with Crippen molar-refractivity contribution in [1.29, 1.82) is 10.7 Å². The normalized spacial score (nSPS) is 10.2. The Kier molecular flexibility index (Phi) is 4.05. The van der Waals surface area contributed by atoms with E-state index in [4.69, 9.17) is 20.8 Å². The average Bonchev–Trinajstić information content (AvgIpc) is 3.25. The second kappa shape index (κ2) is 6.33. The maximum atomic E-state index is 12.4. The first kappa shape index (κ1) is 16.0. The standard InChI is InChI=1S/C17H14N6O2/c1-23-12(7-18)8-21-16(23)17(24)22-11-2-3-14(19)13(6-11)15(20)10-4-5-25-9-10/h2-6,8-9,20H,19H2,1H3,(H,22,24). The highest BCUT2D eigenvalue weighted by Gasteiger charge is 2.16. The van der Waals surface area contributed by atoms with Crippen molar-refractivity contribution in [2.24, 2.45) is 7.05 Å². The minimum absolute atomic E-state index is 0.111. The molecule has 0 bridgehead atoms. The molecule has 0 saturated heterocycles. The summed E-state index contributed by atoms with van der Waals surface area (Å²) in [6.45, 7) is 0. The SMILES string of the molecule is Cn1c(C#N)cnc1C(=O)Nc1ccc(N)c(C(=N)c2ccoc2)c1. The molecule has 8 heteroatoms. The van der Waals surface area contributed by atoms with E-state index in [1.54, 1.807) is 31.3 Å². The number of nitrogens with two attached hydrogens (primary N) is 1. The fourth-order valence-corrected chi connectivity index (χ4v) is 2.32. The molecule has 0 fully saturated rings. The Balaban J connectivity index is 1.87. The first-order valence-electron chi connectivity index (χ1n) is 7.25. The number of imidazole rings is 1. The van der Waals surface area contributed by atoms with E-state index in [9.17, 15) is 4.79 Å². The predicted molar refractivity (Wildman–Crippen MR) is 91.4 cm³/mol. The zero-order valence-corrected chi connectivity index (χ0v) is 13.3. The van der Waals surface area contributed by atoms with Gasteiger partial charge in [0, 0.05) is 29.5 Å². The van der Waals surface area contributed by atoms with Crippen LogP contribution in [0.3, 0.4) is 0 Å². The molecule has 2 aromatic heterocycles. The Bertz CT molecular complexity index is 995. The van der Waals surface area contributed by atoms with Crippen molar-refractivity contribution in [1.82, 2.24) is 9.55 Å². The van der Waals surface area contributed by atoms with E-state index in [1.807, 2.05) is 6.07 Å². The Morgan fingerprint density at radius 1 is 1.44 bits per heavy atom. The lowest BCUT2D eigenvalue weighted by molar-refractivity contribution is 0.101.